The molecule has 0 unspecified atom stereocenters. The summed E-state index contributed by atoms with van der Waals surface area (Å²) in [7, 11) is 0. The van der Waals surface area contributed by atoms with Gasteiger partial charge >= 0.3 is 0 Å². The van der Waals surface area contributed by atoms with E-state index in [1.54, 1.807) is 0 Å². The van der Waals surface area contributed by atoms with Crippen LogP contribution in [0, 0.1) is 0 Å². The number of ether oxygens (including phenoxy) is 1. The van der Waals surface area contributed by atoms with Gasteiger partial charge < -0.3 is 15.4 Å². The lowest BCUT2D eigenvalue weighted by molar-refractivity contribution is -0.123. The molecule has 0 aromatic heterocycles. The molecule has 176 valence electrons. The third-order valence-electron chi connectivity index (χ3n) is 7.41. The van der Waals surface area contributed by atoms with Crippen LogP contribution in [0.2, 0.25) is 0 Å². The lowest BCUT2D eigenvalue weighted by Gasteiger charge is -2.48. The molecule has 3 fully saturated rings. The average molecular weight is 443 g/mol. The largest absolute Gasteiger partial charge is 0.379 e. The van der Waals surface area contributed by atoms with Crippen LogP contribution in [-0.4, -0.2) is 85.7 Å². The molecule has 2 heterocycles. The Morgan fingerprint density at radius 3 is 2.34 bits per heavy atom. The van der Waals surface area contributed by atoms with Crippen molar-refractivity contribution in [3.63, 3.8) is 0 Å². The molecule has 1 aliphatic carbocycles. The van der Waals surface area contributed by atoms with E-state index in [1.807, 2.05) is 30.3 Å². The zero-order valence-electron chi connectivity index (χ0n) is 19.2. The summed E-state index contributed by atoms with van der Waals surface area (Å²) < 4.78 is 5.56. The topological polar surface area (TPSA) is 73.9 Å². The molecule has 2 aliphatic heterocycles. The van der Waals surface area contributed by atoms with Gasteiger partial charge in [-0.3, -0.25) is 19.4 Å². The maximum atomic E-state index is 12.8. The van der Waals surface area contributed by atoms with Gasteiger partial charge in [0.15, 0.2) is 0 Å². The lowest BCUT2D eigenvalue weighted by atomic mass is 9.79. The smallest absolute Gasteiger partial charge is 0.251 e. The number of carbonyl (C=O) groups excluding carboxylic acids is 2. The molecule has 0 spiro atoms. The quantitative estimate of drug-likeness (QED) is 0.676. The van der Waals surface area contributed by atoms with E-state index in [4.69, 9.17) is 4.74 Å². The minimum atomic E-state index is -0.0114. The van der Waals surface area contributed by atoms with Crippen molar-refractivity contribution >= 4 is 11.8 Å². The van der Waals surface area contributed by atoms with Gasteiger partial charge in [0.05, 0.1) is 19.8 Å². The van der Waals surface area contributed by atoms with Crippen LogP contribution in [0.3, 0.4) is 0 Å². The second-order valence-corrected chi connectivity index (χ2v) is 9.55. The van der Waals surface area contributed by atoms with Gasteiger partial charge in [0, 0.05) is 49.9 Å². The van der Waals surface area contributed by atoms with Crippen molar-refractivity contribution in [3.05, 3.63) is 35.9 Å². The summed E-state index contributed by atoms with van der Waals surface area (Å²) in [6.45, 7) is 6.39. The first-order chi connectivity index (χ1) is 15.6. The number of carbonyl (C=O) groups is 2. The fourth-order valence-corrected chi connectivity index (χ4v) is 5.47. The van der Waals surface area contributed by atoms with E-state index in [9.17, 15) is 9.59 Å². The highest BCUT2D eigenvalue weighted by Gasteiger charge is 2.38. The van der Waals surface area contributed by atoms with Crippen LogP contribution in [-0.2, 0) is 9.53 Å². The summed E-state index contributed by atoms with van der Waals surface area (Å²) in [4.78, 5) is 29.9. The van der Waals surface area contributed by atoms with E-state index in [2.05, 4.69) is 20.4 Å². The van der Waals surface area contributed by atoms with E-state index in [0.717, 1.165) is 58.8 Å². The third kappa shape index (κ3) is 6.09. The zero-order valence-corrected chi connectivity index (χ0v) is 19.2. The van der Waals surface area contributed by atoms with Crippen LogP contribution in [0.25, 0.3) is 0 Å². The highest BCUT2D eigenvalue weighted by Crippen LogP contribution is 2.33. The number of likely N-dealkylation sites (tertiary alicyclic amines) is 1. The van der Waals surface area contributed by atoms with Gasteiger partial charge in [-0.2, -0.15) is 0 Å². The molecule has 7 nitrogen and oxygen atoms in total. The van der Waals surface area contributed by atoms with Crippen LogP contribution in [0.15, 0.2) is 30.3 Å². The Labute approximate surface area is 191 Å². The Bertz CT molecular complexity index is 737. The summed E-state index contributed by atoms with van der Waals surface area (Å²) in [5.41, 5.74) is 0.804. The van der Waals surface area contributed by atoms with Crippen molar-refractivity contribution in [2.45, 2.75) is 56.5 Å². The molecular formula is C25H38N4O3. The molecule has 1 aromatic rings. The van der Waals surface area contributed by atoms with Crippen molar-refractivity contribution in [2.75, 3.05) is 52.5 Å². The number of amides is 2. The molecule has 32 heavy (non-hydrogen) atoms. The normalized spacial score (nSPS) is 22.9. The Hall–Kier alpha value is -1.96. The molecule has 0 bridgehead atoms. The predicted octanol–water partition coefficient (Wildman–Crippen LogP) is 2.03. The van der Waals surface area contributed by atoms with Crippen molar-refractivity contribution in [3.8, 4) is 0 Å². The van der Waals surface area contributed by atoms with Gasteiger partial charge in [-0.25, -0.2) is 0 Å². The molecule has 1 saturated carbocycles. The predicted molar refractivity (Wildman–Crippen MR) is 125 cm³/mol. The van der Waals surface area contributed by atoms with Crippen LogP contribution in [0.5, 0.6) is 0 Å². The van der Waals surface area contributed by atoms with E-state index >= 15 is 0 Å². The first-order valence-corrected chi connectivity index (χ1v) is 12.3. The van der Waals surface area contributed by atoms with Crippen LogP contribution < -0.4 is 10.6 Å². The molecule has 2 N–H and O–H groups in total. The molecule has 0 atom stereocenters. The molecule has 2 amide bonds. The maximum Gasteiger partial charge on any atom is 0.251 e. The van der Waals surface area contributed by atoms with Gasteiger partial charge in [0.25, 0.3) is 5.91 Å². The molecule has 3 aliphatic rings. The Morgan fingerprint density at radius 1 is 0.969 bits per heavy atom. The Balaban J connectivity index is 1.20. The van der Waals surface area contributed by atoms with Gasteiger partial charge in [-0.1, -0.05) is 37.5 Å². The highest BCUT2D eigenvalue weighted by atomic mass is 16.5. The lowest BCUT2D eigenvalue weighted by Crippen LogP contribution is -2.60. The number of morpholine rings is 1. The molecule has 7 heteroatoms. The van der Waals surface area contributed by atoms with Gasteiger partial charge in [0.1, 0.15) is 0 Å². The van der Waals surface area contributed by atoms with E-state index in [-0.39, 0.29) is 23.4 Å². The van der Waals surface area contributed by atoms with Crippen LogP contribution in [0.1, 0.15) is 55.3 Å². The number of benzene rings is 1. The fourth-order valence-electron chi connectivity index (χ4n) is 5.47. The second-order valence-electron chi connectivity index (χ2n) is 9.55. The van der Waals surface area contributed by atoms with Gasteiger partial charge in [-0.05, 0) is 37.8 Å². The number of nitrogens with one attached hydrogen (secondary N) is 2. The minimum Gasteiger partial charge on any atom is -0.379 e. The maximum absolute atomic E-state index is 12.8. The number of piperidine rings is 1. The van der Waals surface area contributed by atoms with E-state index < -0.39 is 0 Å². The average Bonchev–Trinajstić information content (AvgIpc) is 2.86. The first kappa shape index (κ1) is 23.2. The van der Waals surface area contributed by atoms with Gasteiger partial charge in [0.2, 0.25) is 5.91 Å². The standard InChI is InChI=1S/C25H38N4O3/c30-23(26-20-25(11-5-2-6-12-25)29-15-17-32-18-16-29)19-28-13-9-22(10-14-28)27-24(31)21-7-3-1-4-8-21/h1,3-4,7-8,22H,2,5-6,9-20H2,(H,26,30)(H,27,31). The van der Waals surface area contributed by atoms with Gasteiger partial charge in [-0.15, -0.1) is 0 Å². The monoisotopic (exact) mass is 442 g/mol. The molecule has 4 rings (SSSR count). The SMILES string of the molecule is O=C(CN1CCC(NC(=O)c2ccccc2)CC1)NCC1(N2CCOCC2)CCCCC1. The minimum absolute atomic E-state index is 0.0114. The molecule has 1 aromatic carbocycles. The molecule has 0 radical (unpaired) electrons. The molecular weight excluding hydrogens is 404 g/mol. The van der Waals surface area contributed by atoms with Crippen molar-refractivity contribution in [1.82, 2.24) is 20.4 Å². The molecule has 2 saturated heterocycles. The van der Waals surface area contributed by atoms with Crippen molar-refractivity contribution in [2.24, 2.45) is 0 Å². The third-order valence-corrected chi connectivity index (χ3v) is 7.41. The summed E-state index contributed by atoms with van der Waals surface area (Å²) in [6, 6.07) is 9.53. The van der Waals surface area contributed by atoms with Crippen LogP contribution in [0.4, 0.5) is 0 Å². The number of hydrogen-bond acceptors (Lipinski definition) is 5. The number of nitrogens with zero attached hydrogens (tertiary/aromatic N) is 2. The zero-order chi connectivity index (χ0) is 22.2. The summed E-state index contributed by atoms with van der Waals surface area (Å²) >= 11 is 0. The van der Waals surface area contributed by atoms with Crippen molar-refractivity contribution in [1.29, 1.82) is 0 Å². The summed E-state index contributed by atoms with van der Waals surface area (Å²) in [5, 5.41) is 6.41. The second kappa shape index (κ2) is 11.3. The summed E-state index contributed by atoms with van der Waals surface area (Å²) in [6.07, 6.45) is 7.88. The number of rotatable bonds is 7. The number of hydrogen-bond donors (Lipinski definition) is 2. The Kier molecular flexibility index (Phi) is 8.16. The highest BCUT2D eigenvalue weighted by molar-refractivity contribution is 5.94. The van der Waals surface area contributed by atoms with Crippen LogP contribution >= 0.6 is 0 Å². The fraction of sp³-hybridized carbons (Fsp3) is 0.680. The van der Waals surface area contributed by atoms with E-state index in [1.165, 1.54) is 32.1 Å². The summed E-state index contributed by atoms with van der Waals surface area (Å²) in [5.74, 6) is 0.109. The van der Waals surface area contributed by atoms with E-state index in [0.29, 0.717) is 12.1 Å². The van der Waals surface area contributed by atoms with Crippen molar-refractivity contribution < 1.29 is 14.3 Å². The first-order valence-electron chi connectivity index (χ1n) is 12.3. The Morgan fingerprint density at radius 2 is 1.66 bits per heavy atom.